The van der Waals surface area contributed by atoms with Crippen molar-refractivity contribution >= 4 is 22.8 Å². The fourth-order valence-corrected chi connectivity index (χ4v) is 4.22. The van der Waals surface area contributed by atoms with E-state index in [2.05, 4.69) is 28.7 Å². The lowest BCUT2D eigenvalue weighted by Gasteiger charge is -2.36. The SMILES string of the molecule is CC(C)N1CCN(c2nc(-c3cccc(Oc4ccccc4)c3)c3c(N)n(C)nc3n2)CC1. The van der Waals surface area contributed by atoms with E-state index in [1.807, 2.05) is 61.6 Å². The summed E-state index contributed by atoms with van der Waals surface area (Å²) in [6, 6.07) is 18.2. The van der Waals surface area contributed by atoms with E-state index in [1.165, 1.54) is 0 Å². The van der Waals surface area contributed by atoms with Crippen LogP contribution in [0.5, 0.6) is 11.5 Å². The third-order valence-corrected chi connectivity index (χ3v) is 6.14. The van der Waals surface area contributed by atoms with Crippen LogP contribution in [0.2, 0.25) is 0 Å². The summed E-state index contributed by atoms with van der Waals surface area (Å²) in [5, 5.41) is 5.32. The van der Waals surface area contributed by atoms with E-state index in [1.54, 1.807) is 4.68 Å². The summed E-state index contributed by atoms with van der Waals surface area (Å²) < 4.78 is 7.72. The van der Waals surface area contributed by atoms with E-state index in [0.29, 0.717) is 23.5 Å². The van der Waals surface area contributed by atoms with Gasteiger partial charge in [0.2, 0.25) is 5.95 Å². The highest BCUT2D eigenvalue weighted by atomic mass is 16.5. The topological polar surface area (TPSA) is 85.3 Å². The van der Waals surface area contributed by atoms with Crippen LogP contribution in [0.15, 0.2) is 54.6 Å². The summed E-state index contributed by atoms with van der Waals surface area (Å²) in [5.41, 5.74) is 8.68. The van der Waals surface area contributed by atoms with E-state index in [9.17, 15) is 0 Å². The largest absolute Gasteiger partial charge is 0.457 e. The van der Waals surface area contributed by atoms with Gasteiger partial charge in [-0.2, -0.15) is 10.1 Å². The highest BCUT2D eigenvalue weighted by Crippen LogP contribution is 2.34. The minimum absolute atomic E-state index is 0.536. The highest BCUT2D eigenvalue weighted by Gasteiger charge is 2.24. The average molecular weight is 444 g/mol. The highest BCUT2D eigenvalue weighted by molar-refractivity contribution is 5.99. The van der Waals surface area contributed by atoms with Crippen LogP contribution in [-0.4, -0.2) is 56.9 Å². The minimum Gasteiger partial charge on any atom is -0.457 e. The summed E-state index contributed by atoms with van der Waals surface area (Å²) in [5.74, 6) is 2.76. The van der Waals surface area contributed by atoms with E-state index in [-0.39, 0.29) is 0 Å². The number of ether oxygens (including phenoxy) is 1. The van der Waals surface area contributed by atoms with Gasteiger partial charge in [-0.1, -0.05) is 30.3 Å². The van der Waals surface area contributed by atoms with Crippen molar-refractivity contribution < 1.29 is 4.74 Å². The number of rotatable bonds is 5. The molecule has 5 rings (SSSR count). The van der Waals surface area contributed by atoms with Crippen molar-refractivity contribution in [3.8, 4) is 22.8 Å². The molecule has 0 radical (unpaired) electrons. The van der Waals surface area contributed by atoms with Gasteiger partial charge in [-0.25, -0.2) is 4.98 Å². The molecule has 0 amide bonds. The number of hydrogen-bond acceptors (Lipinski definition) is 7. The molecule has 2 aromatic heterocycles. The van der Waals surface area contributed by atoms with Crippen LogP contribution >= 0.6 is 0 Å². The number of nitrogens with two attached hydrogens (primary N) is 1. The third kappa shape index (κ3) is 4.21. The van der Waals surface area contributed by atoms with Gasteiger partial charge in [0.1, 0.15) is 17.3 Å². The van der Waals surface area contributed by atoms with Crippen molar-refractivity contribution in [3.05, 3.63) is 54.6 Å². The first-order valence-electron chi connectivity index (χ1n) is 11.3. The molecule has 1 saturated heterocycles. The second-order valence-electron chi connectivity index (χ2n) is 8.64. The molecule has 8 heteroatoms. The summed E-state index contributed by atoms with van der Waals surface area (Å²) in [7, 11) is 1.83. The summed E-state index contributed by atoms with van der Waals surface area (Å²) >= 11 is 0. The van der Waals surface area contributed by atoms with Gasteiger partial charge in [0.05, 0.1) is 11.1 Å². The second-order valence-corrected chi connectivity index (χ2v) is 8.64. The van der Waals surface area contributed by atoms with Crippen LogP contribution in [0.1, 0.15) is 13.8 Å². The third-order valence-electron chi connectivity index (χ3n) is 6.14. The van der Waals surface area contributed by atoms with Crippen molar-refractivity contribution in [1.29, 1.82) is 0 Å². The van der Waals surface area contributed by atoms with Gasteiger partial charge < -0.3 is 15.4 Å². The molecule has 0 unspecified atom stereocenters. The Labute approximate surface area is 193 Å². The quantitative estimate of drug-likeness (QED) is 0.500. The van der Waals surface area contributed by atoms with Crippen LogP contribution in [0.4, 0.5) is 11.8 Å². The Morgan fingerprint density at radius 3 is 2.36 bits per heavy atom. The summed E-state index contributed by atoms with van der Waals surface area (Å²) in [6.07, 6.45) is 0. The Balaban J connectivity index is 1.54. The Morgan fingerprint density at radius 2 is 1.64 bits per heavy atom. The van der Waals surface area contributed by atoms with Crippen molar-refractivity contribution in [2.45, 2.75) is 19.9 Å². The van der Waals surface area contributed by atoms with Gasteiger partial charge in [-0.3, -0.25) is 9.58 Å². The zero-order chi connectivity index (χ0) is 22.9. The van der Waals surface area contributed by atoms with Crippen molar-refractivity contribution in [2.24, 2.45) is 7.05 Å². The molecule has 0 bridgehead atoms. The van der Waals surface area contributed by atoms with Crippen LogP contribution < -0.4 is 15.4 Å². The van der Waals surface area contributed by atoms with Gasteiger partial charge in [-0.05, 0) is 38.1 Å². The lowest BCUT2D eigenvalue weighted by molar-refractivity contribution is 0.208. The first-order chi connectivity index (χ1) is 16.0. The van der Waals surface area contributed by atoms with Gasteiger partial charge in [0.15, 0.2) is 5.65 Å². The normalized spacial score (nSPS) is 14.8. The average Bonchev–Trinajstić information content (AvgIpc) is 3.12. The van der Waals surface area contributed by atoms with E-state index >= 15 is 0 Å². The van der Waals surface area contributed by atoms with Gasteiger partial charge in [-0.15, -0.1) is 0 Å². The number of anilines is 2. The Kier molecular flexibility index (Phi) is 5.60. The van der Waals surface area contributed by atoms with Crippen molar-refractivity contribution in [3.63, 3.8) is 0 Å². The lowest BCUT2D eigenvalue weighted by atomic mass is 10.1. The first-order valence-corrected chi connectivity index (χ1v) is 11.3. The smallest absolute Gasteiger partial charge is 0.228 e. The second kappa shape index (κ2) is 8.71. The number of hydrogen-bond donors (Lipinski definition) is 1. The maximum atomic E-state index is 6.39. The fraction of sp³-hybridized carbons (Fsp3) is 0.320. The van der Waals surface area contributed by atoms with E-state index in [0.717, 1.165) is 54.3 Å². The Hall–Kier alpha value is -3.65. The summed E-state index contributed by atoms with van der Waals surface area (Å²) in [6.45, 7) is 8.19. The number of aromatic nitrogens is 4. The molecule has 170 valence electrons. The molecule has 3 heterocycles. The standard InChI is InChI=1S/C25H29N7O/c1-17(2)31-12-14-32(15-13-31)25-27-22(21-23(26)30(3)29-24(21)28-25)18-8-7-11-20(16-18)33-19-9-5-4-6-10-19/h4-11,16-17H,12-15,26H2,1-3H3. The van der Waals surface area contributed by atoms with Crippen LogP contribution in [-0.2, 0) is 7.05 Å². The van der Waals surface area contributed by atoms with Crippen molar-refractivity contribution in [2.75, 3.05) is 36.8 Å². The zero-order valence-electron chi connectivity index (χ0n) is 19.3. The molecule has 4 aromatic rings. The Morgan fingerprint density at radius 1 is 0.909 bits per heavy atom. The number of para-hydroxylation sites is 1. The molecule has 0 aliphatic carbocycles. The number of fused-ring (bicyclic) bond motifs is 1. The number of benzene rings is 2. The molecular formula is C25H29N7O. The predicted molar refractivity (Wildman–Crippen MR) is 132 cm³/mol. The first kappa shape index (κ1) is 21.2. The predicted octanol–water partition coefficient (Wildman–Crippen LogP) is 3.94. The maximum absolute atomic E-state index is 6.39. The molecule has 33 heavy (non-hydrogen) atoms. The van der Waals surface area contributed by atoms with Gasteiger partial charge in [0.25, 0.3) is 0 Å². The molecule has 2 aromatic carbocycles. The fourth-order valence-electron chi connectivity index (χ4n) is 4.22. The van der Waals surface area contributed by atoms with Crippen LogP contribution in [0, 0.1) is 0 Å². The van der Waals surface area contributed by atoms with Crippen molar-refractivity contribution in [1.82, 2.24) is 24.6 Å². The molecule has 0 atom stereocenters. The molecule has 1 aliphatic heterocycles. The van der Waals surface area contributed by atoms with E-state index < -0.39 is 0 Å². The summed E-state index contributed by atoms with van der Waals surface area (Å²) in [4.78, 5) is 14.5. The van der Waals surface area contributed by atoms with Crippen LogP contribution in [0.25, 0.3) is 22.3 Å². The number of piperazine rings is 1. The van der Waals surface area contributed by atoms with Gasteiger partial charge in [0, 0.05) is 44.8 Å². The number of aryl methyl sites for hydroxylation is 1. The molecule has 1 fully saturated rings. The zero-order valence-corrected chi connectivity index (χ0v) is 19.3. The molecular weight excluding hydrogens is 414 g/mol. The Bertz CT molecular complexity index is 1260. The van der Waals surface area contributed by atoms with Crippen LogP contribution in [0.3, 0.4) is 0 Å². The lowest BCUT2D eigenvalue weighted by Crippen LogP contribution is -2.49. The van der Waals surface area contributed by atoms with E-state index in [4.69, 9.17) is 20.4 Å². The maximum Gasteiger partial charge on any atom is 0.228 e. The monoisotopic (exact) mass is 443 g/mol. The minimum atomic E-state index is 0.536. The molecule has 2 N–H and O–H groups in total. The molecule has 0 saturated carbocycles. The van der Waals surface area contributed by atoms with Gasteiger partial charge >= 0.3 is 0 Å². The molecule has 0 spiro atoms. The number of nitrogens with zero attached hydrogens (tertiary/aromatic N) is 6. The molecule has 8 nitrogen and oxygen atoms in total. The molecule has 1 aliphatic rings. The number of nitrogen functional groups attached to an aromatic ring is 1.